The topological polar surface area (TPSA) is 16.1 Å². The van der Waals surface area contributed by atoms with Crippen LogP contribution in [0.1, 0.15) is 38.4 Å². The monoisotopic (exact) mass is 266 g/mol. The minimum atomic E-state index is 0.575. The smallest absolute Gasteiger partial charge is 0.129 e. The first-order chi connectivity index (χ1) is 8.63. The Labute approximate surface area is 115 Å². The predicted octanol–water partition coefficient (Wildman–Crippen LogP) is 3.87. The maximum absolute atomic E-state index is 5.99. The average Bonchev–Trinajstić information content (AvgIpc) is 2.70. The van der Waals surface area contributed by atoms with Gasteiger partial charge in [0.05, 0.1) is 0 Å². The number of alkyl halides is 1. The van der Waals surface area contributed by atoms with Crippen LogP contribution in [0.2, 0.25) is 0 Å². The first kappa shape index (κ1) is 13.7. The van der Waals surface area contributed by atoms with Gasteiger partial charge in [-0.05, 0) is 36.0 Å². The van der Waals surface area contributed by atoms with Gasteiger partial charge in [0.15, 0.2) is 0 Å². The molecule has 2 heterocycles. The van der Waals surface area contributed by atoms with E-state index in [0.29, 0.717) is 5.88 Å². The van der Waals surface area contributed by atoms with E-state index in [4.69, 9.17) is 16.6 Å². The molecule has 0 radical (unpaired) electrons. The lowest BCUT2D eigenvalue weighted by molar-refractivity contribution is 0.494. The number of aryl methyl sites for hydroxylation is 1. The number of anilines is 1. The van der Waals surface area contributed by atoms with Crippen molar-refractivity contribution in [3.8, 4) is 0 Å². The largest absolute Gasteiger partial charge is 0.356 e. The Balaban J connectivity index is 2.24. The highest BCUT2D eigenvalue weighted by atomic mass is 35.5. The van der Waals surface area contributed by atoms with E-state index < -0.39 is 0 Å². The number of hydrogen-bond acceptors (Lipinski definition) is 2. The third-order valence-corrected chi connectivity index (χ3v) is 4.21. The van der Waals surface area contributed by atoms with Crippen LogP contribution in [0, 0.1) is 11.8 Å². The van der Waals surface area contributed by atoms with Gasteiger partial charge in [-0.25, -0.2) is 4.98 Å². The molecule has 1 fully saturated rings. The molecule has 100 valence electrons. The van der Waals surface area contributed by atoms with E-state index in [1.165, 1.54) is 11.3 Å². The molecule has 2 atom stereocenters. The molecule has 1 aromatic heterocycles. The average molecular weight is 267 g/mol. The molecule has 1 saturated heterocycles. The molecule has 2 nitrogen and oxygen atoms in total. The van der Waals surface area contributed by atoms with Gasteiger partial charge in [0.1, 0.15) is 5.82 Å². The van der Waals surface area contributed by atoms with Crippen LogP contribution >= 0.6 is 11.6 Å². The minimum absolute atomic E-state index is 0.575. The third kappa shape index (κ3) is 2.97. The lowest BCUT2D eigenvalue weighted by Crippen LogP contribution is -2.21. The van der Waals surface area contributed by atoms with Crippen molar-refractivity contribution >= 4 is 17.4 Å². The summed E-state index contributed by atoms with van der Waals surface area (Å²) in [6, 6.07) is 4.29. The highest BCUT2D eigenvalue weighted by Gasteiger charge is 2.27. The molecule has 1 aliphatic rings. The van der Waals surface area contributed by atoms with E-state index in [0.717, 1.165) is 43.6 Å². The van der Waals surface area contributed by atoms with Gasteiger partial charge in [-0.1, -0.05) is 27.2 Å². The van der Waals surface area contributed by atoms with E-state index in [2.05, 4.69) is 37.8 Å². The van der Waals surface area contributed by atoms with Crippen molar-refractivity contribution in [3.63, 3.8) is 0 Å². The second-order valence-electron chi connectivity index (χ2n) is 5.57. The summed E-state index contributed by atoms with van der Waals surface area (Å²) >= 11 is 5.99. The van der Waals surface area contributed by atoms with E-state index in [9.17, 15) is 0 Å². The van der Waals surface area contributed by atoms with Crippen LogP contribution in [0.4, 0.5) is 5.82 Å². The fourth-order valence-corrected chi connectivity index (χ4v) is 2.73. The van der Waals surface area contributed by atoms with Crippen molar-refractivity contribution in [1.82, 2.24) is 4.98 Å². The van der Waals surface area contributed by atoms with Gasteiger partial charge in [-0.2, -0.15) is 0 Å². The molecule has 0 bridgehead atoms. The fourth-order valence-electron chi connectivity index (χ4n) is 2.57. The molecule has 0 aromatic carbocycles. The first-order valence-corrected chi connectivity index (χ1v) is 7.48. The van der Waals surface area contributed by atoms with Crippen LogP contribution < -0.4 is 4.90 Å². The van der Waals surface area contributed by atoms with E-state index in [1.54, 1.807) is 0 Å². The van der Waals surface area contributed by atoms with Gasteiger partial charge < -0.3 is 4.90 Å². The molecule has 3 heteroatoms. The van der Waals surface area contributed by atoms with Crippen LogP contribution in [-0.2, 0) is 12.3 Å². The molecule has 2 unspecified atom stereocenters. The van der Waals surface area contributed by atoms with Crippen LogP contribution in [0.25, 0.3) is 0 Å². The fraction of sp³-hybridized carbons (Fsp3) is 0.667. The second-order valence-corrected chi connectivity index (χ2v) is 5.84. The molecule has 0 aliphatic carbocycles. The van der Waals surface area contributed by atoms with Gasteiger partial charge in [0.2, 0.25) is 0 Å². The van der Waals surface area contributed by atoms with Crippen molar-refractivity contribution in [2.24, 2.45) is 11.8 Å². The lowest BCUT2D eigenvalue weighted by Gasteiger charge is -2.19. The number of rotatable bonds is 4. The Morgan fingerprint density at radius 3 is 2.50 bits per heavy atom. The summed E-state index contributed by atoms with van der Waals surface area (Å²) in [5, 5.41) is 0. The zero-order valence-electron chi connectivity index (χ0n) is 11.6. The summed E-state index contributed by atoms with van der Waals surface area (Å²) in [7, 11) is 0. The maximum atomic E-state index is 5.99. The molecule has 0 amide bonds. The normalized spacial score (nSPS) is 23.7. The predicted molar refractivity (Wildman–Crippen MR) is 78.3 cm³/mol. The summed E-state index contributed by atoms with van der Waals surface area (Å²) in [6.07, 6.45) is 2.17. The highest BCUT2D eigenvalue weighted by Crippen LogP contribution is 2.27. The van der Waals surface area contributed by atoms with Crippen molar-refractivity contribution in [1.29, 1.82) is 0 Å². The lowest BCUT2D eigenvalue weighted by atomic mass is 10.0. The number of nitrogens with zero attached hydrogens (tertiary/aromatic N) is 2. The molecule has 1 aliphatic heterocycles. The standard InChI is InChI=1S/C15H23ClN2/c1-4-5-14-6-13(8-16)7-15(17-14)18-9-11(2)12(3)10-18/h6-7,11-12H,4-5,8-10H2,1-3H3. The molecular formula is C15H23ClN2. The number of pyridine rings is 1. The maximum Gasteiger partial charge on any atom is 0.129 e. The van der Waals surface area contributed by atoms with E-state index in [1.807, 2.05) is 0 Å². The number of hydrogen-bond donors (Lipinski definition) is 0. The molecule has 0 spiro atoms. The van der Waals surface area contributed by atoms with E-state index >= 15 is 0 Å². The summed E-state index contributed by atoms with van der Waals surface area (Å²) < 4.78 is 0. The van der Waals surface area contributed by atoms with Crippen molar-refractivity contribution in [2.45, 2.75) is 39.5 Å². The zero-order chi connectivity index (χ0) is 13.1. The van der Waals surface area contributed by atoms with Crippen molar-refractivity contribution in [3.05, 3.63) is 23.4 Å². The SMILES string of the molecule is CCCc1cc(CCl)cc(N2CC(C)C(C)C2)n1. The Hall–Kier alpha value is -0.760. The van der Waals surface area contributed by atoms with Gasteiger partial charge >= 0.3 is 0 Å². The summed E-state index contributed by atoms with van der Waals surface area (Å²) in [6.45, 7) is 9.07. The van der Waals surface area contributed by atoms with E-state index in [-0.39, 0.29) is 0 Å². The van der Waals surface area contributed by atoms with Gasteiger partial charge in [-0.15, -0.1) is 11.6 Å². The Morgan fingerprint density at radius 2 is 1.94 bits per heavy atom. The molecule has 0 N–H and O–H groups in total. The highest BCUT2D eigenvalue weighted by molar-refractivity contribution is 6.17. The van der Waals surface area contributed by atoms with Crippen LogP contribution in [0.5, 0.6) is 0 Å². The number of aromatic nitrogens is 1. The zero-order valence-corrected chi connectivity index (χ0v) is 12.4. The van der Waals surface area contributed by atoms with Crippen molar-refractivity contribution in [2.75, 3.05) is 18.0 Å². The summed E-state index contributed by atoms with van der Waals surface area (Å²) in [5.41, 5.74) is 2.37. The second kappa shape index (κ2) is 5.92. The van der Waals surface area contributed by atoms with Crippen molar-refractivity contribution < 1.29 is 0 Å². The Kier molecular flexibility index (Phi) is 4.50. The van der Waals surface area contributed by atoms with Crippen LogP contribution in [0.3, 0.4) is 0 Å². The van der Waals surface area contributed by atoms with Crippen LogP contribution in [0.15, 0.2) is 12.1 Å². The minimum Gasteiger partial charge on any atom is -0.356 e. The molecule has 2 rings (SSSR count). The first-order valence-electron chi connectivity index (χ1n) is 6.94. The molecular weight excluding hydrogens is 244 g/mol. The van der Waals surface area contributed by atoms with Gasteiger partial charge in [-0.3, -0.25) is 0 Å². The summed E-state index contributed by atoms with van der Waals surface area (Å²) in [4.78, 5) is 7.20. The van der Waals surface area contributed by atoms with Gasteiger partial charge in [0.25, 0.3) is 0 Å². The quantitative estimate of drug-likeness (QED) is 0.770. The number of halogens is 1. The van der Waals surface area contributed by atoms with Crippen LogP contribution in [-0.4, -0.2) is 18.1 Å². The molecule has 18 heavy (non-hydrogen) atoms. The summed E-state index contributed by atoms with van der Waals surface area (Å²) in [5.74, 6) is 3.19. The third-order valence-electron chi connectivity index (χ3n) is 3.90. The molecule has 1 aromatic rings. The van der Waals surface area contributed by atoms with Gasteiger partial charge in [0, 0.05) is 24.7 Å². The molecule has 0 saturated carbocycles. The Morgan fingerprint density at radius 1 is 1.28 bits per heavy atom. The Bertz CT molecular complexity index is 395.